The minimum absolute atomic E-state index is 0.802. The van der Waals surface area contributed by atoms with Gasteiger partial charge < -0.3 is 4.57 Å². The Morgan fingerprint density at radius 2 is 2.00 bits per heavy atom. The predicted molar refractivity (Wildman–Crippen MR) is 52.6 cm³/mol. The van der Waals surface area contributed by atoms with Gasteiger partial charge in [-0.15, -0.1) is 0 Å². The van der Waals surface area contributed by atoms with E-state index >= 15 is 0 Å². The number of rotatable bonds is 1. The molecule has 1 aromatic heterocycles. The summed E-state index contributed by atoms with van der Waals surface area (Å²) in [7, 11) is 0. The van der Waals surface area contributed by atoms with Gasteiger partial charge in [-0.2, -0.15) is 0 Å². The number of hydrogen-bond donors (Lipinski definition) is 0. The van der Waals surface area contributed by atoms with Gasteiger partial charge in [-0.05, 0) is 24.4 Å². The second kappa shape index (κ2) is 2.83. The molecule has 2 aromatic rings. The van der Waals surface area contributed by atoms with Gasteiger partial charge in [0.2, 0.25) is 0 Å². The highest BCUT2D eigenvalue weighted by Gasteiger charge is 1.96. The number of hydrogen-bond acceptors (Lipinski definition) is 0. The molecule has 0 atom stereocenters. The van der Waals surface area contributed by atoms with Crippen molar-refractivity contribution >= 4 is 22.4 Å². The third-order valence-corrected chi connectivity index (χ3v) is 2.26. The number of aryl methyl sites for hydroxylation is 1. The minimum Gasteiger partial charge on any atom is -0.353 e. The Morgan fingerprint density at radius 3 is 2.75 bits per heavy atom. The Labute approximate surface area is 76.6 Å². The molecular weight excluding hydrogens is 170 g/mol. The Morgan fingerprint density at radius 1 is 1.25 bits per heavy atom. The van der Waals surface area contributed by atoms with Crippen molar-refractivity contribution in [2.45, 2.75) is 13.5 Å². The molecule has 0 bridgehead atoms. The summed E-state index contributed by atoms with van der Waals surface area (Å²) < 4.78 is 2.15. The summed E-state index contributed by atoms with van der Waals surface area (Å²) >= 11 is 5.86. The Bertz CT molecular complexity index is 403. The number of benzene rings is 1. The second-order valence-electron chi connectivity index (χ2n) is 2.86. The quantitative estimate of drug-likeness (QED) is 0.633. The predicted octanol–water partition coefficient (Wildman–Crippen LogP) is 3.31. The summed E-state index contributed by atoms with van der Waals surface area (Å²) in [6, 6.07) is 5.96. The first-order valence-corrected chi connectivity index (χ1v) is 4.42. The van der Waals surface area contributed by atoms with Crippen molar-refractivity contribution in [1.82, 2.24) is 4.57 Å². The average molecular weight is 180 g/mol. The zero-order valence-electron chi connectivity index (χ0n) is 6.92. The van der Waals surface area contributed by atoms with E-state index in [1.807, 2.05) is 18.2 Å². The number of aromatic nitrogens is 1. The fraction of sp³-hybridized carbons (Fsp3) is 0.200. The molecule has 0 saturated heterocycles. The van der Waals surface area contributed by atoms with Crippen LogP contribution in [0.25, 0.3) is 10.8 Å². The maximum Gasteiger partial charge on any atom is 0.0412 e. The van der Waals surface area contributed by atoms with Crippen LogP contribution in [-0.4, -0.2) is 4.57 Å². The summed E-state index contributed by atoms with van der Waals surface area (Å²) in [5.41, 5.74) is 0. The highest BCUT2D eigenvalue weighted by Crippen LogP contribution is 2.19. The van der Waals surface area contributed by atoms with Gasteiger partial charge in [0, 0.05) is 29.3 Å². The van der Waals surface area contributed by atoms with Crippen LogP contribution in [0.3, 0.4) is 0 Å². The Hall–Kier alpha value is -0.950. The standard InChI is InChI=1S/C10H10ClN/c1-2-12-6-8-3-4-10(11)5-9(8)7-12/h3-7H,2H2,1H3. The average Bonchev–Trinajstić information content (AvgIpc) is 2.46. The van der Waals surface area contributed by atoms with Gasteiger partial charge in [0.15, 0.2) is 0 Å². The van der Waals surface area contributed by atoms with Crippen LogP contribution in [0.5, 0.6) is 0 Å². The van der Waals surface area contributed by atoms with Gasteiger partial charge in [0.05, 0.1) is 0 Å². The second-order valence-corrected chi connectivity index (χ2v) is 3.30. The minimum atomic E-state index is 0.802. The van der Waals surface area contributed by atoms with Crippen molar-refractivity contribution in [2.75, 3.05) is 0 Å². The van der Waals surface area contributed by atoms with Crippen LogP contribution in [-0.2, 0) is 6.54 Å². The first-order chi connectivity index (χ1) is 5.79. The normalized spacial score (nSPS) is 10.8. The van der Waals surface area contributed by atoms with E-state index in [0.717, 1.165) is 11.6 Å². The van der Waals surface area contributed by atoms with Crippen molar-refractivity contribution in [1.29, 1.82) is 0 Å². The van der Waals surface area contributed by atoms with E-state index in [9.17, 15) is 0 Å². The van der Waals surface area contributed by atoms with Crippen LogP contribution in [0.2, 0.25) is 5.02 Å². The van der Waals surface area contributed by atoms with Crippen LogP contribution < -0.4 is 0 Å². The third-order valence-electron chi connectivity index (χ3n) is 2.02. The van der Waals surface area contributed by atoms with Gasteiger partial charge in [-0.3, -0.25) is 0 Å². The van der Waals surface area contributed by atoms with Crippen molar-refractivity contribution in [3.05, 3.63) is 35.6 Å². The lowest BCUT2D eigenvalue weighted by molar-refractivity contribution is 0.773. The molecule has 0 fully saturated rings. The molecule has 1 aromatic carbocycles. The van der Waals surface area contributed by atoms with E-state index in [1.165, 1.54) is 10.8 Å². The van der Waals surface area contributed by atoms with E-state index in [4.69, 9.17) is 11.6 Å². The first kappa shape index (κ1) is 7.69. The maximum absolute atomic E-state index is 5.86. The fourth-order valence-corrected chi connectivity index (χ4v) is 1.53. The highest BCUT2D eigenvalue weighted by molar-refractivity contribution is 6.31. The van der Waals surface area contributed by atoms with Crippen molar-refractivity contribution in [3.63, 3.8) is 0 Å². The van der Waals surface area contributed by atoms with Crippen LogP contribution in [0.4, 0.5) is 0 Å². The molecule has 1 nitrogen and oxygen atoms in total. The summed E-state index contributed by atoms with van der Waals surface area (Å²) in [6.07, 6.45) is 4.24. The number of fused-ring (bicyclic) bond motifs is 1. The molecule has 12 heavy (non-hydrogen) atoms. The molecule has 0 aliphatic carbocycles. The van der Waals surface area contributed by atoms with Crippen LogP contribution in [0.1, 0.15) is 6.92 Å². The van der Waals surface area contributed by atoms with E-state index in [1.54, 1.807) is 0 Å². The van der Waals surface area contributed by atoms with E-state index in [-0.39, 0.29) is 0 Å². The zero-order valence-corrected chi connectivity index (χ0v) is 7.67. The molecule has 2 rings (SSSR count). The van der Waals surface area contributed by atoms with Gasteiger partial charge in [0.1, 0.15) is 0 Å². The lowest BCUT2D eigenvalue weighted by Crippen LogP contribution is -1.85. The van der Waals surface area contributed by atoms with Gasteiger partial charge in [0.25, 0.3) is 0 Å². The molecule has 0 unspecified atom stereocenters. The lowest BCUT2D eigenvalue weighted by atomic mass is 10.2. The Balaban J connectivity index is 2.67. The fourth-order valence-electron chi connectivity index (χ4n) is 1.35. The summed E-state index contributed by atoms with van der Waals surface area (Å²) in [5, 5.41) is 3.27. The molecule has 0 amide bonds. The number of halogens is 1. The van der Waals surface area contributed by atoms with Crippen molar-refractivity contribution in [3.8, 4) is 0 Å². The van der Waals surface area contributed by atoms with Gasteiger partial charge >= 0.3 is 0 Å². The monoisotopic (exact) mass is 179 g/mol. The third kappa shape index (κ3) is 1.21. The molecule has 0 N–H and O–H groups in total. The van der Waals surface area contributed by atoms with Gasteiger partial charge in [-0.1, -0.05) is 17.7 Å². The molecule has 0 radical (unpaired) electrons. The largest absolute Gasteiger partial charge is 0.353 e. The van der Waals surface area contributed by atoms with E-state index in [0.29, 0.717) is 0 Å². The summed E-state index contributed by atoms with van der Waals surface area (Å²) in [5.74, 6) is 0. The topological polar surface area (TPSA) is 4.93 Å². The molecule has 0 aliphatic rings. The molecule has 1 heterocycles. The van der Waals surface area contributed by atoms with Crippen LogP contribution >= 0.6 is 11.6 Å². The van der Waals surface area contributed by atoms with E-state index in [2.05, 4.69) is 23.9 Å². The van der Waals surface area contributed by atoms with Crippen LogP contribution in [0, 0.1) is 0 Å². The SMILES string of the molecule is CCn1cc2ccc(Cl)cc2c1. The Kier molecular flexibility index (Phi) is 1.81. The smallest absolute Gasteiger partial charge is 0.0412 e. The molecule has 62 valence electrons. The molecule has 2 heteroatoms. The molecule has 0 saturated carbocycles. The summed E-state index contributed by atoms with van der Waals surface area (Å²) in [4.78, 5) is 0. The van der Waals surface area contributed by atoms with Gasteiger partial charge in [-0.25, -0.2) is 0 Å². The van der Waals surface area contributed by atoms with Crippen LogP contribution in [0.15, 0.2) is 30.6 Å². The zero-order chi connectivity index (χ0) is 8.55. The molecule has 0 aliphatic heterocycles. The van der Waals surface area contributed by atoms with E-state index < -0.39 is 0 Å². The van der Waals surface area contributed by atoms with Crippen molar-refractivity contribution < 1.29 is 0 Å². The number of nitrogens with zero attached hydrogens (tertiary/aromatic N) is 1. The molecule has 0 spiro atoms. The summed E-state index contributed by atoms with van der Waals surface area (Å²) in [6.45, 7) is 3.13. The molecular formula is C10H10ClN. The highest BCUT2D eigenvalue weighted by atomic mass is 35.5. The lowest BCUT2D eigenvalue weighted by Gasteiger charge is -1.90. The van der Waals surface area contributed by atoms with Crippen molar-refractivity contribution in [2.24, 2.45) is 0 Å². The maximum atomic E-state index is 5.86. The first-order valence-electron chi connectivity index (χ1n) is 4.04.